The Bertz CT molecular complexity index is 952. The molecule has 0 spiro atoms. The van der Waals surface area contributed by atoms with Gasteiger partial charge in [0.05, 0.1) is 4.91 Å². The summed E-state index contributed by atoms with van der Waals surface area (Å²) in [6.07, 6.45) is 1.77. The SMILES string of the molecule is Cc1c(C=C2SC(=S)N(C)C2=O)c(N2CCN(C)CC2)n(C)c(=O)c1C#N. The quantitative estimate of drug-likeness (QED) is 0.542. The predicted octanol–water partition coefficient (Wildman–Crippen LogP) is 1.15. The lowest BCUT2D eigenvalue weighted by molar-refractivity contribution is -0.121. The van der Waals surface area contributed by atoms with Gasteiger partial charge in [-0.1, -0.05) is 24.0 Å². The van der Waals surface area contributed by atoms with E-state index in [1.165, 1.54) is 21.2 Å². The molecule has 0 unspecified atom stereocenters. The highest BCUT2D eigenvalue weighted by Crippen LogP contribution is 2.35. The molecule has 142 valence electrons. The minimum atomic E-state index is -0.316. The summed E-state index contributed by atoms with van der Waals surface area (Å²) >= 11 is 6.45. The summed E-state index contributed by atoms with van der Waals surface area (Å²) in [6.45, 7) is 5.06. The molecule has 2 aliphatic rings. The number of piperazine rings is 1. The maximum absolute atomic E-state index is 12.7. The van der Waals surface area contributed by atoms with Crippen LogP contribution in [0, 0.1) is 18.3 Å². The van der Waals surface area contributed by atoms with Gasteiger partial charge in [0.25, 0.3) is 11.5 Å². The molecule has 0 saturated carbocycles. The van der Waals surface area contributed by atoms with Crippen LogP contribution < -0.4 is 10.5 Å². The zero-order valence-electron chi connectivity index (χ0n) is 15.8. The normalized spacial score (nSPS) is 19.9. The van der Waals surface area contributed by atoms with Gasteiger partial charge >= 0.3 is 0 Å². The van der Waals surface area contributed by atoms with E-state index in [1.54, 1.807) is 27.1 Å². The number of thioether (sulfide) groups is 1. The van der Waals surface area contributed by atoms with E-state index in [1.807, 2.05) is 6.07 Å². The standard InChI is InChI=1S/C18H21N5O2S2/c1-11-12(9-14-17(25)22(4)18(26)27-14)15(21(3)16(24)13(11)10-19)23-7-5-20(2)6-8-23/h9H,5-8H2,1-4H3. The van der Waals surface area contributed by atoms with Crippen LogP contribution in [0.15, 0.2) is 9.70 Å². The Balaban J connectivity index is 2.21. The molecule has 0 radical (unpaired) electrons. The van der Waals surface area contributed by atoms with Gasteiger partial charge in [-0.3, -0.25) is 19.1 Å². The molecule has 7 nitrogen and oxygen atoms in total. The third-order valence-electron chi connectivity index (χ3n) is 5.03. The minimum Gasteiger partial charge on any atom is -0.355 e. The van der Waals surface area contributed by atoms with Crippen LogP contribution in [0.3, 0.4) is 0 Å². The summed E-state index contributed by atoms with van der Waals surface area (Å²) in [5.74, 6) is 0.576. The van der Waals surface area contributed by atoms with Gasteiger partial charge in [0.2, 0.25) is 0 Å². The Morgan fingerprint density at radius 3 is 2.30 bits per heavy atom. The number of hydrogen-bond donors (Lipinski definition) is 0. The maximum Gasteiger partial charge on any atom is 0.270 e. The van der Waals surface area contributed by atoms with E-state index >= 15 is 0 Å². The molecule has 27 heavy (non-hydrogen) atoms. The minimum absolute atomic E-state index is 0.105. The molecule has 1 aromatic heterocycles. The number of amides is 1. The molecular weight excluding hydrogens is 382 g/mol. The third-order valence-corrected chi connectivity index (χ3v) is 6.52. The second-order valence-electron chi connectivity index (χ2n) is 6.74. The van der Waals surface area contributed by atoms with Crippen LogP contribution in [0.5, 0.6) is 0 Å². The monoisotopic (exact) mass is 403 g/mol. The molecule has 0 aromatic carbocycles. The third kappa shape index (κ3) is 3.40. The van der Waals surface area contributed by atoms with Crippen molar-refractivity contribution in [1.29, 1.82) is 5.26 Å². The molecule has 1 amide bonds. The first-order chi connectivity index (χ1) is 12.8. The smallest absolute Gasteiger partial charge is 0.270 e. The highest BCUT2D eigenvalue weighted by Gasteiger charge is 2.30. The lowest BCUT2D eigenvalue weighted by Gasteiger charge is -2.36. The largest absolute Gasteiger partial charge is 0.355 e. The van der Waals surface area contributed by atoms with Crippen LogP contribution in [0.1, 0.15) is 16.7 Å². The van der Waals surface area contributed by atoms with Crippen molar-refractivity contribution in [2.45, 2.75) is 6.92 Å². The highest BCUT2D eigenvalue weighted by molar-refractivity contribution is 8.26. The Kier molecular flexibility index (Phi) is 5.42. The molecule has 0 aliphatic carbocycles. The van der Waals surface area contributed by atoms with E-state index in [4.69, 9.17) is 12.2 Å². The molecule has 0 bridgehead atoms. The molecule has 3 heterocycles. The van der Waals surface area contributed by atoms with Crippen molar-refractivity contribution < 1.29 is 4.79 Å². The Morgan fingerprint density at radius 1 is 1.15 bits per heavy atom. The second kappa shape index (κ2) is 7.46. The molecule has 9 heteroatoms. The van der Waals surface area contributed by atoms with Crippen LogP contribution in [-0.4, -0.2) is 64.9 Å². The fraction of sp³-hybridized carbons (Fsp3) is 0.444. The molecule has 0 N–H and O–H groups in total. The van der Waals surface area contributed by atoms with E-state index in [2.05, 4.69) is 16.8 Å². The van der Waals surface area contributed by atoms with Crippen LogP contribution >= 0.6 is 24.0 Å². The molecule has 2 saturated heterocycles. The van der Waals surface area contributed by atoms with Gasteiger partial charge in [-0.2, -0.15) is 5.26 Å². The Labute approximate surface area is 167 Å². The van der Waals surface area contributed by atoms with Gasteiger partial charge in [0.1, 0.15) is 21.8 Å². The number of nitriles is 1. The number of rotatable bonds is 2. The average Bonchev–Trinajstić information content (AvgIpc) is 2.88. The van der Waals surface area contributed by atoms with Crippen LogP contribution in [0.2, 0.25) is 0 Å². The van der Waals surface area contributed by atoms with Gasteiger partial charge in [-0.05, 0) is 25.6 Å². The highest BCUT2D eigenvalue weighted by atomic mass is 32.2. The van der Waals surface area contributed by atoms with Crippen LogP contribution in [-0.2, 0) is 11.8 Å². The molecule has 3 rings (SSSR count). The molecular formula is C18H21N5O2S2. The number of thiocarbonyl (C=S) groups is 1. The number of pyridine rings is 1. The van der Waals surface area contributed by atoms with Crippen LogP contribution in [0.4, 0.5) is 5.82 Å². The van der Waals surface area contributed by atoms with E-state index in [0.717, 1.165) is 37.6 Å². The van der Waals surface area contributed by atoms with Gasteiger partial charge in [0.15, 0.2) is 0 Å². The van der Waals surface area contributed by atoms with Crippen molar-refractivity contribution >= 4 is 46.1 Å². The summed E-state index contributed by atoms with van der Waals surface area (Å²) in [6, 6.07) is 2.02. The lowest BCUT2D eigenvalue weighted by Crippen LogP contribution is -2.46. The Hall–Kier alpha value is -2.15. The fourth-order valence-corrected chi connectivity index (χ4v) is 4.45. The summed E-state index contributed by atoms with van der Waals surface area (Å²) < 4.78 is 2.02. The van der Waals surface area contributed by atoms with E-state index in [-0.39, 0.29) is 17.0 Å². The number of hydrogen-bond acceptors (Lipinski definition) is 7. The Morgan fingerprint density at radius 2 is 1.78 bits per heavy atom. The van der Waals surface area contributed by atoms with Crippen molar-refractivity contribution in [2.75, 3.05) is 45.2 Å². The van der Waals surface area contributed by atoms with Crippen LogP contribution in [0.25, 0.3) is 6.08 Å². The van der Waals surface area contributed by atoms with Crippen molar-refractivity contribution in [3.05, 3.63) is 31.9 Å². The second-order valence-corrected chi connectivity index (χ2v) is 8.42. The van der Waals surface area contributed by atoms with Crippen molar-refractivity contribution in [3.63, 3.8) is 0 Å². The van der Waals surface area contributed by atoms with Crippen molar-refractivity contribution in [3.8, 4) is 6.07 Å². The summed E-state index contributed by atoms with van der Waals surface area (Å²) in [7, 11) is 5.39. The molecule has 2 fully saturated rings. The molecule has 0 atom stereocenters. The first kappa shape index (κ1) is 19.6. The zero-order valence-corrected chi connectivity index (χ0v) is 17.4. The molecule has 1 aromatic rings. The van der Waals surface area contributed by atoms with Gasteiger partial charge in [0, 0.05) is 45.8 Å². The fourth-order valence-electron chi connectivity index (χ4n) is 3.29. The summed E-state index contributed by atoms with van der Waals surface area (Å²) in [4.78, 5) is 31.5. The number of carbonyl (C=O) groups excluding carboxylic acids is 1. The zero-order chi connectivity index (χ0) is 19.9. The number of aromatic nitrogens is 1. The first-order valence-corrected chi connectivity index (χ1v) is 9.77. The lowest BCUT2D eigenvalue weighted by atomic mass is 10.0. The van der Waals surface area contributed by atoms with Crippen molar-refractivity contribution in [1.82, 2.24) is 14.4 Å². The maximum atomic E-state index is 12.7. The summed E-state index contributed by atoms with van der Waals surface area (Å²) in [5, 5.41) is 9.48. The molecule has 2 aliphatic heterocycles. The van der Waals surface area contributed by atoms with Gasteiger partial charge in [-0.15, -0.1) is 0 Å². The number of anilines is 1. The number of carbonyl (C=O) groups is 1. The summed E-state index contributed by atoms with van der Waals surface area (Å²) in [5.41, 5.74) is 1.11. The van der Waals surface area contributed by atoms with E-state index < -0.39 is 0 Å². The topological polar surface area (TPSA) is 72.6 Å². The van der Waals surface area contributed by atoms with E-state index in [0.29, 0.717) is 14.8 Å². The number of likely N-dealkylation sites (N-methyl/N-ethyl adjacent to an activating group) is 2. The van der Waals surface area contributed by atoms with Gasteiger partial charge < -0.3 is 9.80 Å². The number of nitrogens with zero attached hydrogens (tertiary/aromatic N) is 5. The average molecular weight is 404 g/mol. The van der Waals surface area contributed by atoms with Gasteiger partial charge in [-0.25, -0.2) is 0 Å². The first-order valence-electron chi connectivity index (χ1n) is 8.55. The van der Waals surface area contributed by atoms with E-state index in [9.17, 15) is 14.9 Å². The van der Waals surface area contributed by atoms with Crippen molar-refractivity contribution in [2.24, 2.45) is 7.05 Å². The predicted molar refractivity (Wildman–Crippen MR) is 112 cm³/mol.